The number of nitriles is 1. The molecule has 0 aliphatic carbocycles. The fraction of sp³-hybridized carbons (Fsp3) is 0.0714. The number of hydrogen-bond acceptors (Lipinski definition) is 2. The highest BCUT2D eigenvalue weighted by Gasteiger charge is 2.32. The van der Waals surface area contributed by atoms with E-state index < -0.39 is 12.1 Å². The zero-order valence-electron chi connectivity index (χ0n) is 9.91. The standard InChI is InChI=1S/C14H7ClF3NO/c15-12-5-3-9(4-6-12)10-1-2-11(8-19)13(7-10)20-14(16,17)18/h1-7H. The lowest BCUT2D eigenvalue weighted by molar-refractivity contribution is -0.274. The first-order valence-corrected chi connectivity index (χ1v) is 5.83. The third-order valence-electron chi connectivity index (χ3n) is 2.51. The molecule has 0 radical (unpaired) electrons. The van der Waals surface area contributed by atoms with E-state index in [-0.39, 0.29) is 5.56 Å². The van der Waals surface area contributed by atoms with Gasteiger partial charge in [-0.15, -0.1) is 13.2 Å². The minimum absolute atomic E-state index is 0.181. The Labute approximate surface area is 118 Å². The van der Waals surface area contributed by atoms with E-state index in [4.69, 9.17) is 16.9 Å². The molecule has 0 bridgehead atoms. The normalized spacial score (nSPS) is 10.9. The van der Waals surface area contributed by atoms with Crippen LogP contribution in [0.3, 0.4) is 0 Å². The summed E-state index contributed by atoms with van der Waals surface area (Å²) in [4.78, 5) is 0. The first-order chi connectivity index (χ1) is 9.39. The largest absolute Gasteiger partial charge is 0.573 e. The predicted octanol–water partition coefficient (Wildman–Crippen LogP) is 4.78. The lowest BCUT2D eigenvalue weighted by Gasteiger charge is -2.11. The Bertz CT molecular complexity index is 660. The summed E-state index contributed by atoms with van der Waals surface area (Å²) >= 11 is 5.75. The van der Waals surface area contributed by atoms with Gasteiger partial charge in [0.25, 0.3) is 0 Å². The van der Waals surface area contributed by atoms with Crippen molar-refractivity contribution in [1.29, 1.82) is 5.26 Å². The molecule has 0 aliphatic heterocycles. The van der Waals surface area contributed by atoms with Crippen molar-refractivity contribution in [3.05, 3.63) is 53.1 Å². The number of hydrogen-bond donors (Lipinski definition) is 0. The molecule has 2 rings (SSSR count). The van der Waals surface area contributed by atoms with E-state index in [1.807, 2.05) is 0 Å². The number of benzene rings is 2. The van der Waals surface area contributed by atoms with Gasteiger partial charge in [0.1, 0.15) is 11.8 Å². The average Bonchev–Trinajstić information content (AvgIpc) is 2.37. The summed E-state index contributed by atoms with van der Waals surface area (Å²) in [5.74, 6) is -0.521. The van der Waals surface area contributed by atoms with Crippen molar-refractivity contribution in [2.75, 3.05) is 0 Å². The Morgan fingerprint density at radius 2 is 1.60 bits per heavy atom. The van der Waals surface area contributed by atoms with Crippen molar-refractivity contribution in [2.24, 2.45) is 0 Å². The second-order valence-corrected chi connectivity index (χ2v) is 4.31. The van der Waals surface area contributed by atoms with Crippen LogP contribution in [0.15, 0.2) is 42.5 Å². The van der Waals surface area contributed by atoms with Gasteiger partial charge in [-0.25, -0.2) is 0 Å². The van der Waals surface area contributed by atoms with E-state index >= 15 is 0 Å². The van der Waals surface area contributed by atoms with Gasteiger partial charge >= 0.3 is 6.36 Å². The highest BCUT2D eigenvalue weighted by Crippen LogP contribution is 2.31. The fourth-order valence-electron chi connectivity index (χ4n) is 1.65. The van der Waals surface area contributed by atoms with Crippen molar-refractivity contribution in [3.63, 3.8) is 0 Å². The number of nitrogens with zero attached hydrogens (tertiary/aromatic N) is 1. The zero-order valence-corrected chi connectivity index (χ0v) is 10.7. The van der Waals surface area contributed by atoms with Crippen LogP contribution in [0.5, 0.6) is 5.75 Å². The van der Waals surface area contributed by atoms with Gasteiger partial charge in [0, 0.05) is 5.02 Å². The average molecular weight is 298 g/mol. The van der Waals surface area contributed by atoms with Crippen molar-refractivity contribution in [2.45, 2.75) is 6.36 Å². The molecule has 0 saturated carbocycles. The molecule has 0 spiro atoms. The Morgan fingerprint density at radius 1 is 1.00 bits per heavy atom. The van der Waals surface area contributed by atoms with E-state index in [9.17, 15) is 13.2 Å². The SMILES string of the molecule is N#Cc1ccc(-c2ccc(Cl)cc2)cc1OC(F)(F)F. The monoisotopic (exact) mass is 297 g/mol. The molecule has 0 fully saturated rings. The van der Waals surface area contributed by atoms with Crippen LogP contribution in [-0.4, -0.2) is 6.36 Å². The molecule has 2 nitrogen and oxygen atoms in total. The minimum atomic E-state index is -4.84. The van der Waals surface area contributed by atoms with Crippen LogP contribution in [0.1, 0.15) is 5.56 Å². The molecule has 6 heteroatoms. The van der Waals surface area contributed by atoms with E-state index in [0.29, 0.717) is 16.1 Å². The second kappa shape index (κ2) is 5.43. The van der Waals surface area contributed by atoms with Crippen molar-refractivity contribution < 1.29 is 17.9 Å². The predicted molar refractivity (Wildman–Crippen MR) is 68.3 cm³/mol. The minimum Gasteiger partial charge on any atom is -0.404 e. The van der Waals surface area contributed by atoms with Crippen LogP contribution < -0.4 is 4.74 Å². The molecule has 20 heavy (non-hydrogen) atoms. The van der Waals surface area contributed by atoms with Gasteiger partial charge in [-0.1, -0.05) is 29.8 Å². The lowest BCUT2D eigenvalue weighted by Crippen LogP contribution is -2.17. The van der Waals surface area contributed by atoms with Gasteiger partial charge < -0.3 is 4.74 Å². The summed E-state index contributed by atoms with van der Waals surface area (Å²) < 4.78 is 40.7. The number of ether oxygens (including phenoxy) is 1. The summed E-state index contributed by atoms with van der Waals surface area (Å²) in [7, 11) is 0. The van der Waals surface area contributed by atoms with Gasteiger partial charge in [-0.05, 0) is 35.4 Å². The summed E-state index contributed by atoms with van der Waals surface area (Å²) in [6.07, 6.45) is -4.84. The second-order valence-electron chi connectivity index (χ2n) is 3.88. The summed E-state index contributed by atoms with van der Waals surface area (Å²) in [6.45, 7) is 0. The molecular weight excluding hydrogens is 291 g/mol. The molecule has 0 saturated heterocycles. The molecule has 0 N–H and O–H groups in total. The topological polar surface area (TPSA) is 33.0 Å². The maximum atomic E-state index is 12.3. The Kier molecular flexibility index (Phi) is 3.86. The van der Waals surface area contributed by atoms with Gasteiger partial charge in [-0.3, -0.25) is 0 Å². The molecule has 0 atom stereocenters. The summed E-state index contributed by atoms with van der Waals surface area (Å²) in [5.41, 5.74) is 0.992. The maximum absolute atomic E-state index is 12.3. The quantitative estimate of drug-likeness (QED) is 0.799. The van der Waals surface area contributed by atoms with Gasteiger partial charge in [-0.2, -0.15) is 5.26 Å². The van der Waals surface area contributed by atoms with Crippen LogP contribution >= 0.6 is 11.6 Å². The summed E-state index contributed by atoms with van der Waals surface area (Å²) in [6, 6.07) is 12.2. The highest BCUT2D eigenvalue weighted by atomic mass is 35.5. The lowest BCUT2D eigenvalue weighted by atomic mass is 10.0. The fourth-order valence-corrected chi connectivity index (χ4v) is 1.77. The van der Waals surface area contributed by atoms with Crippen molar-refractivity contribution in [3.8, 4) is 22.9 Å². The molecule has 0 aliphatic rings. The molecule has 2 aromatic carbocycles. The van der Waals surface area contributed by atoms with Crippen LogP contribution in [0.2, 0.25) is 5.02 Å². The molecule has 2 aromatic rings. The van der Waals surface area contributed by atoms with E-state index in [1.165, 1.54) is 12.1 Å². The van der Waals surface area contributed by atoms with E-state index in [1.54, 1.807) is 36.4 Å². The van der Waals surface area contributed by atoms with Crippen LogP contribution in [0.4, 0.5) is 13.2 Å². The number of alkyl halides is 3. The van der Waals surface area contributed by atoms with E-state index in [2.05, 4.69) is 4.74 Å². The van der Waals surface area contributed by atoms with Gasteiger partial charge in [0.15, 0.2) is 0 Å². The van der Waals surface area contributed by atoms with E-state index in [0.717, 1.165) is 0 Å². The zero-order chi connectivity index (χ0) is 14.8. The van der Waals surface area contributed by atoms with Crippen LogP contribution in [-0.2, 0) is 0 Å². The van der Waals surface area contributed by atoms with Crippen molar-refractivity contribution in [1.82, 2.24) is 0 Å². The Morgan fingerprint density at radius 3 is 2.15 bits per heavy atom. The number of rotatable bonds is 2. The smallest absolute Gasteiger partial charge is 0.404 e. The number of halogens is 4. The highest BCUT2D eigenvalue weighted by molar-refractivity contribution is 6.30. The molecule has 102 valence electrons. The molecule has 0 unspecified atom stereocenters. The van der Waals surface area contributed by atoms with Gasteiger partial charge in [0.2, 0.25) is 0 Å². The van der Waals surface area contributed by atoms with Crippen LogP contribution in [0, 0.1) is 11.3 Å². The molecular formula is C14H7ClF3NO. The molecule has 0 aromatic heterocycles. The third kappa shape index (κ3) is 3.43. The first kappa shape index (κ1) is 14.2. The molecule has 0 amide bonds. The Hall–Kier alpha value is -2.19. The van der Waals surface area contributed by atoms with Gasteiger partial charge in [0.05, 0.1) is 5.56 Å². The maximum Gasteiger partial charge on any atom is 0.573 e. The van der Waals surface area contributed by atoms with Crippen LogP contribution in [0.25, 0.3) is 11.1 Å². The van der Waals surface area contributed by atoms with Crippen molar-refractivity contribution >= 4 is 11.6 Å². The first-order valence-electron chi connectivity index (χ1n) is 5.45. The summed E-state index contributed by atoms with van der Waals surface area (Å²) in [5, 5.41) is 9.32. The Balaban J connectivity index is 2.44. The molecule has 0 heterocycles. The third-order valence-corrected chi connectivity index (χ3v) is 2.76.